The van der Waals surface area contributed by atoms with Gasteiger partial charge in [-0.25, -0.2) is 8.42 Å². The number of carbonyl (C=O) groups excluding carboxylic acids is 1. The molecular formula is C27H28N4O3S. The highest BCUT2D eigenvalue weighted by Crippen LogP contribution is 2.22. The summed E-state index contributed by atoms with van der Waals surface area (Å²) in [5.41, 5.74) is 4.66. The van der Waals surface area contributed by atoms with Crippen LogP contribution in [0.4, 0.5) is 0 Å². The third kappa shape index (κ3) is 6.03. The second kappa shape index (κ2) is 10.7. The zero-order chi connectivity index (χ0) is 24.8. The molecule has 1 heterocycles. The van der Waals surface area contributed by atoms with E-state index in [2.05, 4.69) is 5.32 Å². The molecule has 0 unspecified atom stereocenters. The largest absolute Gasteiger partial charge is 0.351 e. The van der Waals surface area contributed by atoms with Crippen molar-refractivity contribution in [1.82, 2.24) is 19.4 Å². The zero-order valence-corrected chi connectivity index (χ0v) is 20.6. The molecule has 0 fully saturated rings. The van der Waals surface area contributed by atoms with E-state index in [9.17, 15) is 13.2 Å². The van der Waals surface area contributed by atoms with E-state index < -0.39 is 15.9 Å². The molecule has 4 aromatic rings. The lowest BCUT2D eigenvalue weighted by Crippen LogP contribution is -2.38. The Hall–Kier alpha value is -3.75. The van der Waals surface area contributed by atoms with Gasteiger partial charge in [0.2, 0.25) is 15.9 Å². The molecule has 0 saturated carbocycles. The zero-order valence-electron chi connectivity index (χ0n) is 19.8. The van der Waals surface area contributed by atoms with Crippen LogP contribution in [-0.2, 0) is 27.9 Å². The molecule has 0 bridgehead atoms. The fourth-order valence-corrected chi connectivity index (χ4v) is 4.84. The standard InChI is InChI=1S/C27H28N4O3S/c1-21-13-15-25(16-14-21)35(33,34)30(2)20-26(32)28-17-24-19-31(18-22-9-5-3-6-10-22)29-27(24)23-11-7-4-8-12-23/h3-16,19H,17-18,20H2,1-2H3,(H,28,32). The Bertz CT molecular complexity index is 1380. The van der Waals surface area contributed by atoms with Gasteiger partial charge in [-0.05, 0) is 24.6 Å². The maximum Gasteiger partial charge on any atom is 0.243 e. The number of aromatic nitrogens is 2. The molecule has 1 amide bonds. The number of benzene rings is 3. The Balaban J connectivity index is 1.47. The second-order valence-electron chi connectivity index (χ2n) is 8.40. The molecule has 180 valence electrons. The maximum atomic E-state index is 12.8. The van der Waals surface area contributed by atoms with Crippen molar-refractivity contribution in [2.75, 3.05) is 13.6 Å². The Morgan fingerprint density at radius 3 is 2.23 bits per heavy atom. The van der Waals surface area contributed by atoms with E-state index >= 15 is 0 Å². The number of nitrogens with one attached hydrogen (secondary N) is 1. The number of rotatable bonds is 9. The van der Waals surface area contributed by atoms with Crippen LogP contribution in [0.1, 0.15) is 16.7 Å². The van der Waals surface area contributed by atoms with Crippen molar-refractivity contribution in [3.63, 3.8) is 0 Å². The first kappa shape index (κ1) is 24.4. The second-order valence-corrected chi connectivity index (χ2v) is 10.4. The van der Waals surface area contributed by atoms with Crippen molar-refractivity contribution in [2.24, 2.45) is 0 Å². The van der Waals surface area contributed by atoms with Gasteiger partial charge in [0.15, 0.2) is 0 Å². The van der Waals surface area contributed by atoms with E-state index in [0.717, 1.165) is 32.3 Å². The molecule has 0 aliphatic rings. The number of sulfonamides is 1. The van der Waals surface area contributed by atoms with Crippen LogP contribution in [0.15, 0.2) is 96.0 Å². The first-order valence-electron chi connectivity index (χ1n) is 11.3. The highest BCUT2D eigenvalue weighted by Gasteiger charge is 2.23. The van der Waals surface area contributed by atoms with Gasteiger partial charge < -0.3 is 5.32 Å². The van der Waals surface area contributed by atoms with E-state index in [1.54, 1.807) is 24.3 Å². The summed E-state index contributed by atoms with van der Waals surface area (Å²) in [6, 6.07) is 26.4. The molecule has 0 spiro atoms. The smallest absolute Gasteiger partial charge is 0.243 e. The topological polar surface area (TPSA) is 84.3 Å². The molecule has 8 heteroatoms. The minimum absolute atomic E-state index is 0.159. The van der Waals surface area contributed by atoms with E-state index in [4.69, 9.17) is 5.10 Å². The van der Waals surface area contributed by atoms with E-state index in [1.165, 1.54) is 7.05 Å². The highest BCUT2D eigenvalue weighted by atomic mass is 32.2. The Labute approximate surface area is 206 Å². The summed E-state index contributed by atoms with van der Waals surface area (Å²) in [6.07, 6.45) is 1.92. The molecule has 1 N–H and O–H groups in total. The van der Waals surface area contributed by atoms with Gasteiger partial charge in [0.05, 0.1) is 23.7 Å². The Kier molecular flexibility index (Phi) is 7.43. The van der Waals surface area contributed by atoms with Gasteiger partial charge in [-0.15, -0.1) is 0 Å². The van der Waals surface area contributed by atoms with Crippen LogP contribution in [0, 0.1) is 6.92 Å². The Morgan fingerprint density at radius 2 is 1.57 bits per heavy atom. The normalized spacial score (nSPS) is 11.5. The summed E-state index contributed by atoms with van der Waals surface area (Å²) in [6.45, 7) is 2.44. The van der Waals surface area contributed by atoms with Crippen LogP contribution < -0.4 is 5.32 Å². The predicted octanol–water partition coefficient (Wildman–Crippen LogP) is 3.84. The van der Waals surface area contributed by atoms with Gasteiger partial charge in [0.1, 0.15) is 0 Å². The molecule has 3 aromatic carbocycles. The number of nitrogens with zero attached hydrogens (tertiary/aromatic N) is 3. The number of hydrogen-bond acceptors (Lipinski definition) is 4. The van der Waals surface area contributed by atoms with Gasteiger partial charge in [-0.2, -0.15) is 9.40 Å². The first-order valence-corrected chi connectivity index (χ1v) is 12.7. The number of carbonyl (C=O) groups is 1. The highest BCUT2D eigenvalue weighted by molar-refractivity contribution is 7.89. The first-order chi connectivity index (χ1) is 16.8. The van der Waals surface area contributed by atoms with Crippen LogP contribution in [0.3, 0.4) is 0 Å². The van der Waals surface area contributed by atoms with Gasteiger partial charge >= 0.3 is 0 Å². The average Bonchev–Trinajstić information content (AvgIpc) is 3.26. The van der Waals surface area contributed by atoms with Crippen molar-refractivity contribution in [2.45, 2.75) is 24.9 Å². The van der Waals surface area contributed by atoms with Crippen molar-refractivity contribution >= 4 is 15.9 Å². The summed E-state index contributed by atoms with van der Waals surface area (Å²) in [5.74, 6) is -0.391. The molecule has 0 aliphatic heterocycles. The van der Waals surface area contributed by atoms with Crippen molar-refractivity contribution in [1.29, 1.82) is 0 Å². The molecule has 7 nitrogen and oxygen atoms in total. The molecule has 35 heavy (non-hydrogen) atoms. The van der Waals surface area contributed by atoms with Gasteiger partial charge in [-0.3, -0.25) is 9.48 Å². The third-order valence-electron chi connectivity index (χ3n) is 5.64. The number of likely N-dealkylation sites (N-methyl/N-ethyl adjacent to an activating group) is 1. The summed E-state index contributed by atoms with van der Waals surface area (Å²) in [7, 11) is -2.35. The van der Waals surface area contributed by atoms with Crippen LogP contribution >= 0.6 is 0 Å². The van der Waals surface area contributed by atoms with E-state index in [-0.39, 0.29) is 18.0 Å². The summed E-state index contributed by atoms with van der Waals surface area (Å²) in [5, 5.41) is 7.61. The molecule has 1 aromatic heterocycles. The van der Waals surface area contributed by atoms with Crippen LogP contribution in [0.25, 0.3) is 11.3 Å². The van der Waals surface area contributed by atoms with Crippen molar-refractivity contribution in [3.05, 3.63) is 108 Å². The Morgan fingerprint density at radius 1 is 0.943 bits per heavy atom. The number of aryl methyl sites for hydroxylation is 1. The molecular weight excluding hydrogens is 460 g/mol. The quantitative estimate of drug-likeness (QED) is 0.388. The van der Waals surface area contributed by atoms with E-state index in [1.807, 2.05) is 78.5 Å². The number of amides is 1. The molecule has 0 saturated heterocycles. The lowest BCUT2D eigenvalue weighted by molar-refractivity contribution is -0.121. The van der Waals surface area contributed by atoms with Crippen molar-refractivity contribution in [3.8, 4) is 11.3 Å². The minimum Gasteiger partial charge on any atom is -0.351 e. The van der Waals surface area contributed by atoms with Crippen molar-refractivity contribution < 1.29 is 13.2 Å². The monoisotopic (exact) mass is 488 g/mol. The van der Waals surface area contributed by atoms with Crippen LogP contribution in [0.2, 0.25) is 0 Å². The van der Waals surface area contributed by atoms with Gasteiger partial charge in [0.25, 0.3) is 0 Å². The molecule has 0 atom stereocenters. The van der Waals surface area contributed by atoms with E-state index in [0.29, 0.717) is 6.54 Å². The maximum absolute atomic E-state index is 12.8. The third-order valence-corrected chi connectivity index (χ3v) is 7.46. The molecule has 4 rings (SSSR count). The number of hydrogen-bond donors (Lipinski definition) is 1. The summed E-state index contributed by atoms with van der Waals surface area (Å²) < 4.78 is 28.5. The molecule has 0 radical (unpaired) electrons. The fraction of sp³-hybridized carbons (Fsp3) is 0.185. The fourth-order valence-electron chi connectivity index (χ4n) is 3.71. The van der Waals surface area contributed by atoms with Gasteiger partial charge in [0, 0.05) is 30.9 Å². The predicted molar refractivity (Wildman–Crippen MR) is 136 cm³/mol. The average molecular weight is 489 g/mol. The lowest BCUT2D eigenvalue weighted by Gasteiger charge is -2.17. The minimum atomic E-state index is -3.76. The summed E-state index contributed by atoms with van der Waals surface area (Å²) in [4.78, 5) is 12.8. The van der Waals surface area contributed by atoms with Crippen LogP contribution in [-0.4, -0.2) is 42.0 Å². The summed E-state index contributed by atoms with van der Waals surface area (Å²) >= 11 is 0. The SMILES string of the molecule is Cc1ccc(S(=O)(=O)N(C)CC(=O)NCc2cn(Cc3ccccc3)nc2-c2ccccc2)cc1. The lowest BCUT2D eigenvalue weighted by atomic mass is 10.1. The molecule has 0 aliphatic carbocycles. The van der Waals surface area contributed by atoms with Gasteiger partial charge in [-0.1, -0.05) is 78.4 Å². The van der Waals surface area contributed by atoms with Crippen LogP contribution in [0.5, 0.6) is 0 Å².